The smallest absolute Gasteiger partial charge is 0.0540 e. The van der Waals surface area contributed by atoms with Crippen LogP contribution in [0.2, 0.25) is 0 Å². The molecule has 0 unspecified atom stereocenters. The number of fused-ring (bicyclic) bond motifs is 3. The summed E-state index contributed by atoms with van der Waals surface area (Å²) < 4.78 is 0. The topological polar surface area (TPSA) is 13.0 Å². The first-order valence-electron chi connectivity index (χ1n) is 43.1. The third-order valence-electron chi connectivity index (χ3n) is 23.4. The summed E-state index contributed by atoms with van der Waals surface area (Å²) in [6.07, 6.45) is 0. The lowest BCUT2D eigenvalue weighted by molar-refractivity contribution is 0.660. The van der Waals surface area contributed by atoms with Gasteiger partial charge in [0.1, 0.15) is 0 Å². The summed E-state index contributed by atoms with van der Waals surface area (Å²) in [5.74, 6) is 0. The Morgan fingerprint density at radius 3 is 0.656 bits per heavy atom. The molecule has 125 heavy (non-hydrogen) atoms. The van der Waals surface area contributed by atoms with Crippen molar-refractivity contribution in [3.8, 4) is 77.9 Å². The molecule has 0 aromatic heterocycles. The fourth-order valence-electron chi connectivity index (χ4n) is 16.6. The molecule has 0 saturated carbocycles. The maximum Gasteiger partial charge on any atom is 0.0540 e. The lowest BCUT2D eigenvalue weighted by Gasteiger charge is -2.28. The molecule has 1 aliphatic carbocycles. The van der Waals surface area contributed by atoms with Crippen molar-refractivity contribution in [1.82, 2.24) is 0 Å². The van der Waals surface area contributed by atoms with Crippen LogP contribution in [-0.2, 0) is 5.41 Å². The molecule has 0 heterocycles. The third-order valence-corrected chi connectivity index (χ3v) is 23.4. The van der Waals surface area contributed by atoms with Gasteiger partial charge in [0.25, 0.3) is 0 Å². The predicted octanol–water partition coefficient (Wildman–Crippen LogP) is 34.2. The molecule has 19 aromatic carbocycles. The normalized spacial score (nSPS) is 11.3. The average molecular weight is 1610 g/mol. The van der Waals surface area contributed by atoms with Crippen molar-refractivity contribution in [3.63, 3.8) is 0 Å². The summed E-state index contributed by atoms with van der Waals surface area (Å²) in [6.45, 7) is 13.2. The number of rotatable bonds is 18. The zero-order valence-corrected chi connectivity index (χ0v) is 71.6. The van der Waals surface area contributed by atoms with E-state index in [0.717, 1.165) is 51.2 Å². The van der Waals surface area contributed by atoms with Gasteiger partial charge in [-0.3, -0.25) is 0 Å². The summed E-state index contributed by atoms with van der Waals surface area (Å²) in [5, 5.41) is 0. The summed E-state index contributed by atoms with van der Waals surface area (Å²) >= 11 is 0. The van der Waals surface area contributed by atoms with Crippen LogP contribution in [0.3, 0.4) is 0 Å². The highest BCUT2D eigenvalue weighted by atomic mass is 15.2. The lowest BCUT2D eigenvalue weighted by Crippen LogP contribution is -2.16. The lowest BCUT2D eigenvalue weighted by atomic mass is 9.82. The SMILES string of the molecule is Cc1ccc(N(c2ccc(-c3ccccc3)cc2)c2ccc(-c3ccccc3)cc2)cc1.Cc1ccc(N(c2ccc(-c3ccccc3)cc2)c2ccccc2-c2ccccc2)cc1.Cc1ccc(N(c2ccccc2)c2ccc(-c3ccc(-c4ccccc4)cc3)cc2)cc1.Cc1ccc(N(c2ccccc2)c2ccc3c(c2)C(C)(C)c2ccccc2-3)cc1. The van der Waals surface area contributed by atoms with Crippen molar-refractivity contribution in [2.75, 3.05) is 19.6 Å². The van der Waals surface area contributed by atoms with Gasteiger partial charge in [-0.2, -0.15) is 0 Å². The second-order valence-electron chi connectivity index (χ2n) is 32.4. The fraction of sp³-hybridized carbons (Fsp3) is 0.0579. The summed E-state index contributed by atoms with van der Waals surface area (Å²) in [7, 11) is 0. The van der Waals surface area contributed by atoms with Crippen LogP contribution >= 0.6 is 0 Å². The van der Waals surface area contributed by atoms with Gasteiger partial charge in [0.05, 0.1) is 5.69 Å². The monoisotopic (exact) mass is 1610 g/mol. The average Bonchev–Trinajstić information content (AvgIpc) is 1.58. The van der Waals surface area contributed by atoms with Gasteiger partial charge in [-0.15, -0.1) is 0 Å². The molecule has 1 aliphatic rings. The number of hydrogen-bond acceptors (Lipinski definition) is 4. The van der Waals surface area contributed by atoms with Gasteiger partial charge in [0.15, 0.2) is 0 Å². The summed E-state index contributed by atoms with van der Waals surface area (Å²) in [4.78, 5) is 9.29. The fourth-order valence-corrected chi connectivity index (χ4v) is 16.6. The van der Waals surface area contributed by atoms with E-state index < -0.39 is 0 Å². The van der Waals surface area contributed by atoms with Crippen LogP contribution in [0.4, 0.5) is 68.2 Å². The Balaban J connectivity index is 0.000000118. The maximum atomic E-state index is 2.38. The third kappa shape index (κ3) is 19.1. The van der Waals surface area contributed by atoms with Crippen LogP contribution in [0.15, 0.2) is 497 Å². The van der Waals surface area contributed by atoms with E-state index >= 15 is 0 Å². The quantitative estimate of drug-likeness (QED) is 0.0849. The molecule has 4 nitrogen and oxygen atoms in total. The Bertz CT molecular complexity index is 6570. The van der Waals surface area contributed by atoms with E-state index in [0.29, 0.717) is 0 Å². The van der Waals surface area contributed by atoms with Gasteiger partial charge in [0, 0.05) is 73.5 Å². The molecule has 0 saturated heterocycles. The first-order valence-corrected chi connectivity index (χ1v) is 43.1. The Morgan fingerprint density at radius 2 is 0.344 bits per heavy atom. The minimum absolute atomic E-state index is 0.00241. The molecule has 0 atom stereocenters. The van der Waals surface area contributed by atoms with Gasteiger partial charge in [-0.25, -0.2) is 0 Å². The van der Waals surface area contributed by atoms with E-state index in [9.17, 15) is 0 Å². The van der Waals surface area contributed by atoms with Crippen LogP contribution in [0.1, 0.15) is 47.2 Å². The van der Waals surface area contributed by atoms with Crippen molar-refractivity contribution in [1.29, 1.82) is 0 Å². The Labute approximate surface area is 738 Å². The molecular weight excluding hydrogens is 1510 g/mol. The van der Waals surface area contributed by atoms with Crippen molar-refractivity contribution < 1.29 is 0 Å². The van der Waals surface area contributed by atoms with Crippen molar-refractivity contribution >= 4 is 68.2 Å². The molecule has 20 rings (SSSR count). The number of aryl methyl sites for hydroxylation is 4. The minimum atomic E-state index is -0.00241. The van der Waals surface area contributed by atoms with E-state index in [2.05, 4.69) is 559 Å². The van der Waals surface area contributed by atoms with E-state index in [1.165, 1.54) is 128 Å². The Kier molecular flexibility index (Phi) is 25.1. The van der Waals surface area contributed by atoms with Gasteiger partial charge < -0.3 is 19.6 Å². The first kappa shape index (κ1) is 81.7. The van der Waals surface area contributed by atoms with Crippen LogP contribution in [-0.4, -0.2) is 0 Å². The maximum absolute atomic E-state index is 2.38. The van der Waals surface area contributed by atoms with Gasteiger partial charge >= 0.3 is 0 Å². The van der Waals surface area contributed by atoms with Crippen molar-refractivity contribution in [2.45, 2.75) is 47.0 Å². The second-order valence-corrected chi connectivity index (χ2v) is 32.4. The van der Waals surface area contributed by atoms with E-state index in [-0.39, 0.29) is 5.41 Å². The molecule has 0 fully saturated rings. The molecule has 4 heteroatoms. The zero-order valence-electron chi connectivity index (χ0n) is 71.6. The second kappa shape index (κ2) is 38.4. The van der Waals surface area contributed by atoms with Crippen molar-refractivity contribution in [2.24, 2.45) is 0 Å². The molecular formula is C121H100N4. The Morgan fingerprint density at radius 1 is 0.144 bits per heavy atom. The molecule has 0 N–H and O–H groups in total. The zero-order chi connectivity index (χ0) is 85.3. The standard InChI is InChI=1S/3C31H25N.C28H25N/c1-24-16-20-28(21-17-24)32(29-22-18-26(19-23-29)25-10-4-2-5-11-25)31-15-9-8-14-30(31)27-12-6-3-7-13-27;1-24-12-18-29(19-13-24)32(30-20-14-27(15-21-30)25-8-4-2-5-9-25)31-22-16-28(17-23-31)26-10-6-3-7-11-26;1-24-12-20-30(21-13-24)32(29-10-6-3-7-11-29)31-22-18-28(19-23-31)27-16-14-26(15-17-27)25-8-4-2-5-9-25;1-20-13-15-22(16-14-20)29(21-9-5-4-6-10-21)23-17-18-25-24-11-7-8-12-26(24)28(2,3)27(25)19-23/h3*2-23H,1H3;4-19H,1-3H3. The summed E-state index contributed by atoms with van der Waals surface area (Å²) in [6, 6.07) is 177. The van der Waals surface area contributed by atoms with Crippen molar-refractivity contribution in [3.05, 3.63) is 531 Å². The number of para-hydroxylation sites is 3. The molecule has 604 valence electrons. The highest BCUT2D eigenvalue weighted by molar-refractivity contribution is 5.90. The molecule has 0 amide bonds. The van der Waals surface area contributed by atoms with Crippen LogP contribution in [0.25, 0.3) is 77.9 Å². The van der Waals surface area contributed by atoms with Crippen LogP contribution in [0.5, 0.6) is 0 Å². The van der Waals surface area contributed by atoms with Gasteiger partial charge in [-0.05, 0) is 251 Å². The van der Waals surface area contributed by atoms with E-state index in [4.69, 9.17) is 0 Å². The van der Waals surface area contributed by atoms with E-state index in [1.807, 2.05) is 0 Å². The predicted molar refractivity (Wildman–Crippen MR) is 534 cm³/mol. The number of nitrogens with zero attached hydrogens (tertiary/aromatic N) is 4. The number of benzene rings is 19. The molecule has 0 aliphatic heterocycles. The molecule has 0 radical (unpaired) electrons. The minimum Gasteiger partial charge on any atom is -0.311 e. The summed E-state index contributed by atoms with van der Waals surface area (Å²) in [5.41, 5.74) is 39.1. The van der Waals surface area contributed by atoms with Gasteiger partial charge in [-0.1, -0.05) is 394 Å². The number of anilines is 12. The number of hydrogen-bond donors (Lipinski definition) is 0. The van der Waals surface area contributed by atoms with Crippen LogP contribution < -0.4 is 19.6 Å². The van der Waals surface area contributed by atoms with Crippen LogP contribution in [0, 0.1) is 27.7 Å². The largest absolute Gasteiger partial charge is 0.311 e. The van der Waals surface area contributed by atoms with Gasteiger partial charge in [0.2, 0.25) is 0 Å². The highest BCUT2D eigenvalue weighted by Gasteiger charge is 2.36. The van der Waals surface area contributed by atoms with E-state index in [1.54, 1.807) is 0 Å². The first-order chi connectivity index (χ1) is 61.4. The molecule has 19 aromatic rings. The molecule has 0 spiro atoms. The Hall–Kier alpha value is -15.6. The molecule has 0 bridgehead atoms. The highest BCUT2D eigenvalue weighted by Crippen LogP contribution is 2.51.